The minimum atomic E-state index is -3.85. The highest BCUT2D eigenvalue weighted by Crippen LogP contribution is 2.18. The van der Waals surface area contributed by atoms with E-state index in [1.807, 2.05) is 117 Å². The van der Waals surface area contributed by atoms with Gasteiger partial charge in [-0.15, -0.1) is 0 Å². The smallest absolute Gasteiger partial charge is 0.238 e. The lowest BCUT2D eigenvalue weighted by atomic mass is 10.2. The Morgan fingerprint density at radius 1 is 0.881 bits per heavy atom. The van der Waals surface area contributed by atoms with Crippen LogP contribution in [0.15, 0.2) is 109 Å². The second-order valence-electron chi connectivity index (χ2n) is 10.7. The predicted octanol–water partition coefficient (Wildman–Crippen LogP) is 6.03. The highest BCUT2D eigenvalue weighted by atomic mass is 32.2. The van der Waals surface area contributed by atoms with Gasteiger partial charge in [-0.3, -0.25) is 4.79 Å². The average Bonchev–Trinajstić information content (AvgIpc) is 3.42. The molecule has 0 radical (unpaired) electrons. The van der Waals surface area contributed by atoms with Gasteiger partial charge in [-0.1, -0.05) is 86.6 Å². The van der Waals surface area contributed by atoms with Crippen molar-refractivity contribution in [3.8, 4) is 5.75 Å². The fraction of sp³-hybridized carbons (Fsp3) is 0.265. The van der Waals surface area contributed by atoms with Crippen LogP contribution in [0, 0.1) is 5.92 Å². The number of nitrogens with zero attached hydrogens (tertiary/aromatic N) is 3. The number of carbonyl (C=O) groups is 1. The third-order valence-corrected chi connectivity index (χ3v) is 8.28. The molecule has 1 heterocycles. The summed E-state index contributed by atoms with van der Waals surface area (Å²) in [6, 6.07) is 30.9. The first-order chi connectivity index (χ1) is 20.2. The second-order valence-corrected chi connectivity index (χ2v) is 12.5. The number of hydrogen-bond donors (Lipinski definition) is 0. The zero-order chi connectivity index (χ0) is 30.0. The lowest BCUT2D eigenvalue weighted by molar-refractivity contribution is -0.132. The largest absolute Gasteiger partial charge is 0.497 e. The molecule has 0 fully saturated rings. The molecule has 220 valence electrons. The summed E-state index contributed by atoms with van der Waals surface area (Å²) in [6.07, 6.45) is 3.56. The molecule has 4 aromatic rings. The quantitative estimate of drug-likeness (QED) is 0.181. The number of carbonyl (C=O) groups excluding carboxylic acids is 1. The number of benzene rings is 3. The first-order valence-electron chi connectivity index (χ1n) is 14.1. The average molecular weight is 586 g/mol. The van der Waals surface area contributed by atoms with Gasteiger partial charge in [0.15, 0.2) is 0 Å². The Balaban J connectivity index is 1.58. The minimum absolute atomic E-state index is 0.0420. The fourth-order valence-corrected chi connectivity index (χ4v) is 5.98. The van der Waals surface area contributed by atoms with Crippen LogP contribution in [0.1, 0.15) is 36.2 Å². The van der Waals surface area contributed by atoms with Crippen molar-refractivity contribution in [1.29, 1.82) is 0 Å². The topological polar surface area (TPSA) is 71.8 Å². The van der Waals surface area contributed by atoms with Crippen LogP contribution in [0.25, 0.3) is 6.08 Å². The van der Waals surface area contributed by atoms with Crippen molar-refractivity contribution < 1.29 is 17.9 Å². The zero-order valence-electron chi connectivity index (χ0n) is 24.5. The van der Waals surface area contributed by atoms with Gasteiger partial charge in [-0.2, -0.15) is 4.31 Å². The lowest BCUT2D eigenvalue weighted by Gasteiger charge is -2.28. The Kier molecular flexibility index (Phi) is 10.8. The van der Waals surface area contributed by atoms with E-state index < -0.39 is 10.0 Å². The fourth-order valence-electron chi connectivity index (χ4n) is 4.68. The molecule has 1 aromatic heterocycles. The van der Waals surface area contributed by atoms with Crippen molar-refractivity contribution in [2.24, 2.45) is 5.92 Å². The van der Waals surface area contributed by atoms with Gasteiger partial charge in [-0.25, -0.2) is 8.42 Å². The van der Waals surface area contributed by atoms with Crippen LogP contribution < -0.4 is 4.74 Å². The molecule has 8 heteroatoms. The first kappa shape index (κ1) is 30.8. The van der Waals surface area contributed by atoms with Crippen molar-refractivity contribution in [1.82, 2.24) is 13.8 Å². The van der Waals surface area contributed by atoms with E-state index >= 15 is 0 Å². The number of rotatable bonds is 14. The second kappa shape index (κ2) is 14.7. The molecule has 0 saturated heterocycles. The van der Waals surface area contributed by atoms with Gasteiger partial charge in [0.2, 0.25) is 15.9 Å². The highest BCUT2D eigenvalue weighted by molar-refractivity contribution is 7.92. The predicted molar refractivity (Wildman–Crippen MR) is 168 cm³/mol. The van der Waals surface area contributed by atoms with E-state index in [-0.39, 0.29) is 24.9 Å². The molecule has 4 rings (SSSR count). The first-order valence-corrected chi connectivity index (χ1v) is 15.6. The molecule has 0 aliphatic carbocycles. The van der Waals surface area contributed by atoms with E-state index in [1.165, 1.54) is 9.71 Å². The molecular formula is C34H39N3O4S. The summed E-state index contributed by atoms with van der Waals surface area (Å²) in [6.45, 7) is 5.19. The maximum atomic E-state index is 13.9. The van der Waals surface area contributed by atoms with Gasteiger partial charge in [0.1, 0.15) is 5.75 Å². The van der Waals surface area contributed by atoms with E-state index in [9.17, 15) is 13.2 Å². The molecule has 0 spiro atoms. The molecule has 0 N–H and O–H groups in total. The molecule has 1 amide bonds. The Bertz CT molecular complexity index is 1560. The van der Waals surface area contributed by atoms with Crippen LogP contribution in [0.3, 0.4) is 0 Å². The highest BCUT2D eigenvalue weighted by Gasteiger charge is 2.26. The molecule has 0 aliphatic heterocycles. The number of methoxy groups -OCH3 is 1. The van der Waals surface area contributed by atoms with Crippen LogP contribution in [0.2, 0.25) is 0 Å². The number of aromatic nitrogens is 1. The molecule has 0 aliphatic rings. The SMILES string of the molecule is COc1cccc(Cn2cccc2CN(Cc2ccccc2)C(=O)CN(CC(C)C)S(=O)(=O)C=Cc2ccccc2)c1. The molecule has 0 bridgehead atoms. The summed E-state index contributed by atoms with van der Waals surface area (Å²) in [7, 11) is -2.20. The standard InChI is InChI=1S/C34H39N3O4S/c1-28(2)23-37(42(39,40)21-19-29-12-6-4-7-13-29)27-34(38)36(24-30-14-8-5-9-15-30)26-32-17-11-20-35(32)25-31-16-10-18-33(22-31)41-3/h4-22,28H,23-27H2,1-3H3. The Hall–Kier alpha value is -4.14. The Labute approximate surface area is 249 Å². The van der Waals surface area contributed by atoms with Crippen molar-refractivity contribution in [3.05, 3.63) is 131 Å². The third-order valence-electron chi connectivity index (χ3n) is 6.80. The summed E-state index contributed by atoms with van der Waals surface area (Å²) in [5.41, 5.74) is 3.77. The molecular weight excluding hydrogens is 546 g/mol. The van der Waals surface area contributed by atoms with Crippen LogP contribution >= 0.6 is 0 Å². The summed E-state index contributed by atoms with van der Waals surface area (Å²) in [5, 5.41) is 1.19. The minimum Gasteiger partial charge on any atom is -0.497 e. The summed E-state index contributed by atoms with van der Waals surface area (Å²) >= 11 is 0. The summed E-state index contributed by atoms with van der Waals surface area (Å²) < 4.78 is 35.6. The van der Waals surface area contributed by atoms with Crippen molar-refractivity contribution in [2.45, 2.75) is 33.5 Å². The molecule has 42 heavy (non-hydrogen) atoms. The van der Waals surface area contributed by atoms with Crippen molar-refractivity contribution in [3.63, 3.8) is 0 Å². The van der Waals surface area contributed by atoms with E-state index in [2.05, 4.69) is 4.57 Å². The van der Waals surface area contributed by atoms with Crippen LogP contribution in [0.4, 0.5) is 0 Å². The van der Waals surface area contributed by atoms with Gasteiger partial charge >= 0.3 is 0 Å². The summed E-state index contributed by atoms with van der Waals surface area (Å²) in [4.78, 5) is 15.6. The lowest BCUT2D eigenvalue weighted by Crippen LogP contribution is -2.43. The maximum absolute atomic E-state index is 13.9. The van der Waals surface area contributed by atoms with E-state index in [0.29, 0.717) is 19.6 Å². The number of ether oxygens (including phenoxy) is 1. The van der Waals surface area contributed by atoms with E-state index in [0.717, 1.165) is 28.1 Å². The Morgan fingerprint density at radius 3 is 2.26 bits per heavy atom. The molecule has 0 unspecified atom stereocenters. The molecule has 3 aromatic carbocycles. The number of amides is 1. The van der Waals surface area contributed by atoms with Gasteiger partial charge in [0.25, 0.3) is 0 Å². The maximum Gasteiger partial charge on any atom is 0.238 e. The van der Waals surface area contributed by atoms with Gasteiger partial charge in [0.05, 0.1) is 20.2 Å². The van der Waals surface area contributed by atoms with Gasteiger partial charge in [0, 0.05) is 36.9 Å². The monoisotopic (exact) mass is 585 g/mol. The third kappa shape index (κ3) is 8.93. The van der Waals surface area contributed by atoms with Gasteiger partial charge < -0.3 is 14.2 Å². The summed E-state index contributed by atoms with van der Waals surface area (Å²) in [5.74, 6) is 0.570. The molecule has 7 nitrogen and oxygen atoms in total. The number of sulfonamides is 1. The Morgan fingerprint density at radius 2 is 1.57 bits per heavy atom. The normalized spacial score (nSPS) is 11.8. The van der Waals surface area contributed by atoms with E-state index in [4.69, 9.17) is 4.74 Å². The molecule has 0 atom stereocenters. The van der Waals surface area contributed by atoms with Gasteiger partial charge in [-0.05, 0) is 52.9 Å². The van der Waals surface area contributed by atoms with E-state index in [1.54, 1.807) is 18.1 Å². The van der Waals surface area contributed by atoms with Crippen molar-refractivity contribution in [2.75, 3.05) is 20.2 Å². The van der Waals surface area contributed by atoms with Crippen molar-refractivity contribution >= 4 is 22.0 Å². The van der Waals surface area contributed by atoms with Crippen LogP contribution in [0.5, 0.6) is 5.75 Å². The molecule has 0 saturated carbocycles. The van der Waals surface area contributed by atoms with Crippen LogP contribution in [-0.2, 0) is 34.5 Å². The van der Waals surface area contributed by atoms with Crippen LogP contribution in [-0.4, -0.2) is 48.3 Å². The number of hydrogen-bond acceptors (Lipinski definition) is 4. The zero-order valence-corrected chi connectivity index (χ0v) is 25.3.